The number of nitrogens with zero attached hydrogens (tertiary/aromatic N) is 2. The number of allylic oxidation sites excluding steroid dienone is 1. The Morgan fingerprint density at radius 2 is 1.98 bits per heavy atom. The van der Waals surface area contributed by atoms with Crippen molar-refractivity contribution >= 4 is 23.7 Å². The molecule has 3 fully saturated rings. The van der Waals surface area contributed by atoms with Crippen molar-refractivity contribution in [3.63, 3.8) is 0 Å². The number of hydrogen-bond donors (Lipinski definition) is 2. The van der Waals surface area contributed by atoms with Crippen LogP contribution in [0.1, 0.15) is 76.8 Å². The molecule has 2 N–H and O–H groups in total. The standard InChI is InChI=1S/C35H49N3O7/c1-5-8-17-28(40)44-23-26(25-15-10-9-11-16-25)36-32(41)29-27-18-19-35(45-27)30(29)33(42)38(21-12-13-22-39)31(35)34(43)37(20-7-3)24(4)14-6-2/h5,7,9-11,15-16,24,26-27,29-31,39H,1,3,6,8,12-14,17-23H2,2,4H3,(H,36,41)/t24?,26-,27-,29+,30+,31-,35+/m1/s1. The summed E-state index contributed by atoms with van der Waals surface area (Å²) in [5.41, 5.74) is -0.354. The maximum Gasteiger partial charge on any atom is 0.306 e. The van der Waals surface area contributed by atoms with E-state index in [4.69, 9.17) is 9.47 Å². The number of esters is 1. The van der Waals surface area contributed by atoms with Crippen LogP contribution in [0, 0.1) is 11.8 Å². The molecule has 3 amide bonds. The van der Waals surface area contributed by atoms with Crippen LogP contribution in [0.15, 0.2) is 55.6 Å². The molecule has 10 heteroatoms. The van der Waals surface area contributed by atoms with Gasteiger partial charge in [-0.15, -0.1) is 13.2 Å². The lowest BCUT2D eigenvalue weighted by Crippen LogP contribution is -2.58. The highest BCUT2D eigenvalue weighted by molar-refractivity contribution is 5.99. The van der Waals surface area contributed by atoms with Gasteiger partial charge in [-0.3, -0.25) is 19.2 Å². The van der Waals surface area contributed by atoms with Crippen LogP contribution in [0.3, 0.4) is 0 Å². The molecule has 246 valence electrons. The summed E-state index contributed by atoms with van der Waals surface area (Å²) in [5.74, 6) is -2.82. The molecule has 1 aromatic rings. The number of amides is 3. The number of fused-ring (bicyclic) bond motifs is 1. The Hall–Kier alpha value is -3.50. The van der Waals surface area contributed by atoms with Crippen LogP contribution in [-0.4, -0.2) is 88.7 Å². The second-order valence-corrected chi connectivity index (χ2v) is 12.4. The van der Waals surface area contributed by atoms with Crippen molar-refractivity contribution in [3.8, 4) is 0 Å². The maximum absolute atomic E-state index is 14.4. The fraction of sp³-hybridized carbons (Fsp3) is 0.600. The second-order valence-electron chi connectivity index (χ2n) is 12.4. The molecule has 0 aromatic heterocycles. The summed E-state index contributed by atoms with van der Waals surface area (Å²) in [5, 5.41) is 12.5. The first-order valence-electron chi connectivity index (χ1n) is 16.4. The van der Waals surface area contributed by atoms with E-state index in [0.717, 1.165) is 18.4 Å². The van der Waals surface area contributed by atoms with Crippen molar-refractivity contribution in [3.05, 3.63) is 61.2 Å². The molecule has 0 aliphatic carbocycles. The highest BCUT2D eigenvalue weighted by Gasteiger charge is 2.74. The molecular weight excluding hydrogens is 574 g/mol. The van der Waals surface area contributed by atoms with Crippen molar-refractivity contribution in [2.75, 3.05) is 26.3 Å². The van der Waals surface area contributed by atoms with Gasteiger partial charge in [0.15, 0.2) is 0 Å². The van der Waals surface area contributed by atoms with E-state index in [2.05, 4.69) is 25.4 Å². The fourth-order valence-corrected chi connectivity index (χ4v) is 7.37. The lowest BCUT2D eigenvalue weighted by Gasteiger charge is -2.39. The summed E-state index contributed by atoms with van der Waals surface area (Å²) in [6.07, 6.45) is 7.27. The van der Waals surface area contributed by atoms with Gasteiger partial charge >= 0.3 is 5.97 Å². The van der Waals surface area contributed by atoms with Crippen LogP contribution < -0.4 is 5.32 Å². The van der Waals surface area contributed by atoms with Gasteiger partial charge in [0.1, 0.15) is 18.2 Å². The summed E-state index contributed by atoms with van der Waals surface area (Å²) < 4.78 is 12.1. The SMILES string of the molecule is C=CCCC(=O)OC[C@@H](NC(=O)[C@@H]1[C@H]2C(=O)N(CCCCO)[C@H](C(=O)N(CC=C)C(C)CCC)[C@]23CC[C@H]1O3)c1ccccc1. The molecule has 1 aromatic carbocycles. The van der Waals surface area contributed by atoms with Crippen molar-refractivity contribution in [2.45, 2.75) is 95.0 Å². The number of aliphatic hydroxyl groups is 1. The summed E-state index contributed by atoms with van der Waals surface area (Å²) in [4.78, 5) is 58.5. The number of likely N-dealkylation sites (tertiary alicyclic amines) is 1. The van der Waals surface area contributed by atoms with Gasteiger partial charge in [-0.1, -0.05) is 55.8 Å². The zero-order valence-electron chi connectivity index (χ0n) is 26.7. The van der Waals surface area contributed by atoms with Crippen LogP contribution in [0.2, 0.25) is 0 Å². The number of benzene rings is 1. The van der Waals surface area contributed by atoms with Crippen molar-refractivity contribution in [2.24, 2.45) is 11.8 Å². The molecule has 45 heavy (non-hydrogen) atoms. The molecule has 3 heterocycles. The second kappa shape index (κ2) is 15.7. The summed E-state index contributed by atoms with van der Waals surface area (Å²) >= 11 is 0. The monoisotopic (exact) mass is 623 g/mol. The average molecular weight is 624 g/mol. The third kappa shape index (κ3) is 7.17. The smallest absolute Gasteiger partial charge is 0.306 e. The molecule has 1 spiro atoms. The molecule has 4 rings (SSSR count). The van der Waals surface area contributed by atoms with E-state index in [1.54, 1.807) is 22.0 Å². The van der Waals surface area contributed by atoms with Gasteiger partial charge in [-0.05, 0) is 51.0 Å². The first kappa shape index (κ1) is 34.4. The molecule has 3 aliphatic heterocycles. The van der Waals surface area contributed by atoms with Gasteiger partial charge in [0.2, 0.25) is 17.7 Å². The first-order valence-corrected chi connectivity index (χ1v) is 16.4. The van der Waals surface area contributed by atoms with Gasteiger partial charge in [-0.25, -0.2) is 0 Å². The lowest BCUT2D eigenvalue weighted by atomic mass is 9.70. The number of rotatable bonds is 18. The van der Waals surface area contributed by atoms with Gasteiger partial charge < -0.3 is 29.7 Å². The lowest BCUT2D eigenvalue weighted by molar-refractivity contribution is -0.149. The third-order valence-corrected chi connectivity index (χ3v) is 9.47. The number of carbonyl (C=O) groups excluding carboxylic acids is 4. The topological polar surface area (TPSA) is 125 Å². The molecule has 1 unspecified atom stereocenters. The number of nitrogens with one attached hydrogen (secondary N) is 1. The quantitative estimate of drug-likeness (QED) is 0.145. The Morgan fingerprint density at radius 3 is 2.64 bits per heavy atom. The van der Waals surface area contributed by atoms with Crippen LogP contribution in [0.25, 0.3) is 0 Å². The molecule has 3 saturated heterocycles. The van der Waals surface area contributed by atoms with E-state index >= 15 is 0 Å². The average Bonchev–Trinajstić information content (AvgIpc) is 3.68. The van der Waals surface area contributed by atoms with Crippen LogP contribution in [0.5, 0.6) is 0 Å². The Morgan fingerprint density at radius 1 is 1.22 bits per heavy atom. The Kier molecular flexibility index (Phi) is 12.0. The molecule has 10 nitrogen and oxygen atoms in total. The number of ether oxygens (including phenoxy) is 2. The summed E-state index contributed by atoms with van der Waals surface area (Å²) in [6, 6.07) is 7.70. The Balaban J connectivity index is 1.63. The number of aliphatic hydroxyl groups excluding tert-OH is 1. The van der Waals surface area contributed by atoms with Gasteiger partial charge in [-0.2, -0.15) is 0 Å². The zero-order chi connectivity index (χ0) is 32.6. The molecule has 0 radical (unpaired) electrons. The van der Waals surface area contributed by atoms with Crippen LogP contribution >= 0.6 is 0 Å². The normalized spacial score (nSPS) is 26.2. The highest BCUT2D eigenvalue weighted by Crippen LogP contribution is 2.58. The van der Waals surface area contributed by atoms with Crippen molar-refractivity contribution < 1.29 is 33.8 Å². The molecular formula is C35H49N3O7. The minimum absolute atomic E-state index is 0.0199. The van der Waals surface area contributed by atoms with Gasteiger partial charge in [0, 0.05) is 32.2 Å². The summed E-state index contributed by atoms with van der Waals surface area (Å²) in [6.45, 7) is 12.1. The Bertz CT molecular complexity index is 1220. The van der Waals surface area contributed by atoms with Crippen molar-refractivity contribution in [1.29, 1.82) is 0 Å². The number of hydrogen-bond acceptors (Lipinski definition) is 7. The molecule has 0 saturated carbocycles. The van der Waals surface area contributed by atoms with Gasteiger partial charge in [0.05, 0.1) is 24.0 Å². The minimum atomic E-state index is -1.12. The fourth-order valence-electron chi connectivity index (χ4n) is 7.37. The third-order valence-electron chi connectivity index (χ3n) is 9.47. The molecule has 7 atom stereocenters. The molecule has 3 aliphatic rings. The predicted molar refractivity (Wildman–Crippen MR) is 170 cm³/mol. The van der Waals surface area contributed by atoms with E-state index in [0.29, 0.717) is 38.6 Å². The summed E-state index contributed by atoms with van der Waals surface area (Å²) in [7, 11) is 0. The zero-order valence-corrected chi connectivity index (χ0v) is 26.7. The van der Waals surface area contributed by atoms with Crippen molar-refractivity contribution in [1.82, 2.24) is 15.1 Å². The largest absolute Gasteiger partial charge is 0.463 e. The minimum Gasteiger partial charge on any atom is -0.463 e. The van der Waals surface area contributed by atoms with E-state index in [9.17, 15) is 24.3 Å². The number of carbonyl (C=O) groups is 4. The van der Waals surface area contributed by atoms with E-state index in [-0.39, 0.29) is 55.9 Å². The maximum atomic E-state index is 14.4. The highest BCUT2D eigenvalue weighted by atomic mass is 16.5. The van der Waals surface area contributed by atoms with Gasteiger partial charge in [0.25, 0.3) is 0 Å². The van der Waals surface area contributed by atoms with E-state index in [1.165, 1.54) is 0 Å². The first-order chi connectivity index (χ1) is 21.7. The van der Waals surface area contributed by atoms with Crippen LogP contribution in [-0.2, 0) is 28.7 Å². The van der Waals surface area contributed by atoms with E-state index in [1.807, 2.05) is 37.3 Å². The number of unbranched alkanes of at least 4 members (excludes halogenated alkanes) is 1. The Labute approximate surface area is 266 Å². The predicted octanol–water partition coefficient (Wildman–Crippen LogP) is 3.70. The van der Waals surface area contributed by atoms with Crippen LogP contribution in [0.4, 0.5) is 0 Å². The van der Waals surface area contributed by atoms with E-state index < -0.39 is 35.6 Å². The molecule has 2 bridgehead atoms.